The van der Waals surface area contributed by atoms with Gasteiger partial charge in [-0.3, -0.25) is 9.59 Å². The van der Waals surface area contributed by atoms with Gasteiger partial charge in [-0.2, -0.15) is 0 Å². The zero-order valence-corrected chi connectivity index (χ0v) is 12.1. The number of benzene rings is 1. The molecule has 4 nitrogen and oxygen atoms in total. The van der Waals surface area contributed by atoms with Crippen molar-refractivity contribution in [2.24, 2.45) is 0 Å². The van der Waals surface area contributed by atoms with Crippen molar-refractivity contribution in [1.29, 1.82) is 0 Å². The number of rotatable bonds is 4. The second kappa shape index (κ2) is 6.40. The summed E-state index contributed by atoms with van der Waals surface area (Å²) >= 11 is 0. The highest BCUT2D eigenvalue weighted by Crippen LogP contribution is 2.19. The fourth-order valence-electron chi connectivity index (χ4n) is 2.72. The quantitative estimate of drug-likeness (QED) is 0.812. The summed E-state index contributed by atoms with van der Waals surface area (Å²) in [6.07, 6.45) is 4.17. The highest BCUT2D eigenvalue weighted by molar-refractivity contribution is 5.94. The Kier molecular flexibility index (Phi) is 4.34. The van der Waals surface area contributed by atoms with Crippen LogP contribution < -0.4 is 5.43 Å². The van der Waals surface area contributed by atoms with Crippen molar-refractivity contribution in [1.82, 2.24) is 0 Å². The van der Waals surface area contributed by atoms with Gasteiger partial charge >= 0.3 is 0 Å². The van der Waals surface area contributed by atoms with Gasteiger partial charge in [-0.15, -0.1) is 0 Å². The smallest absolute Gasteiger partial charge is 0.198 e. The maximum Gasteiger partial charge on any atom is 0.198 e. The van der Waals surface area contributed by atoms with E-state index in [4.69, 9.17) is 9.15 Å². The molecule has 116 valence electrons. The van der Waals surface area contributed by atoms with E-state index in [0.717, 1.165) is 38.0 Å². The summed E-state index contributed by atoms with van der Waals surface area (Å²) in [5, 5.41) is 0.146. The number of halogens is 1. The number of ether oxygens (including phenoxy) is 1. The van der Waals surface area contributed by atoms with Crippen LogP contribution in [0.2, 0.25) is 0 Å². The number of carbonyl (C=O) groups is 1. The van der Waals surface area contributed by atoms with Gasteiger partial charge in [-0.05, 0) is 43.9 Å². The molecule has 3 rings (SSSR count). The molecule has 0 bridgehead atoms. The summed E-state index contributed by atoms with van der Waals surface area (Å²) in [7, 11) is 0. The van der Waals surface area contributed by atoms with Crippen LogP contribution in [0.4, 0.5) is 4.39 Å². The molecule has 22 heavy (non-hydrogen) atoms. The molecule has 1 unspecified atom stereocenters. The Morgan fingerprint density at radius 1 is 1.27 bits per heavy atom. The second-order valence-corrected chi connectivity index (χ2v) is 5.57. The third kappa shape index (κ3) is 3.25. The van der Waals surface area contributed by atoms with Gasteiger partial charge in [0.05, 0.1) is 11.5 Å². The first-order valence-corrected chi connectivity index (χ1v) is 7.52. The summed E-state index contributed by atoms with van der Waals surface area (Å²) in [6.45, 7) is 0.746. The first-order chi connectivity index (χ1) is 10.6. The lowest BCUT2D eigenvalue weighted by molar-refractivity contribution is 0.0103. The molecule has 2 aromatic rings. The van der Waals surface area contributed by atoms with Crippen LogP contribution in [0.3, 0.4) is 0 Å². The summed E-state index contributed by atoms with van der Waals surface area (Å²) < 4.78 is 24.2. The normalized spacial score (nSPS) is 18.5. The molecule has 1 saturated heterocycles. The van der Waals surface area contributed by atoms with Crippen LogP contribution >= 0.6 is 0 Å². The van der Waals surface area contributed by atoms with Gasteiger partial charge in [0, 0.05) is 19.1 Å². The number of hydrogen-bond donors (Lipinski definition) is 0. The summed E-state index contributed by atoms with van der Waals surface area (Å²) in [5.74, 6) is -0.703. The van der Waals surface area contributed by atoms with E-state index in [9.17, 15) is 14.0 Å². The highest BCUT2D eigenvalue weighted by atomic mass is 19.1. The van der Waals surface area contributed by atoms with E-state index >= 15 is 0 Å². The van der Waals surface area contributed by atoms with Crippen LogP contribution in [0.15, 0.2) is 33.5 Å². The fraction of sp³-hybridized carbons (Fsp3) is 0.412. The van der Waals surface area contributed by atoms with E-state index < -0.39 is 11.2 Å². The van der Waals surface area contributed by atoms with Crippen LogP contribution in [0, 0.1) is 5.82 Å². The third-order valence-electron chi connectivity index (χ3n) is 3.93. The maximum atomic E-state index is 13.1. The minimum absolute atomic E-state index is 0.0277. The first-order valence-electron chi connectivity index (χ1n) is 7.52. The average molecular weight is 304 g/mol. The SMILES string of the molecule is O=C(CCC1CCCCO1)c1cc(=O)c2cc(F)ccc2o1. The number of ketones is 1. The standard InChI is InChI=1S/C17H17FO4/c18-11-4-7-16-13(9-11)15(20)10-17(22-16)14(19)6-5-12-3-1-2-8-21-12/h4,7,9-10,12H,1-3,5-6,8H2. The lowest BCUT2D eigenvalue weighted by Crippen LogP contribution is -2.20. The molecule has 0 N–H and O–H groups in total. The van der Waals surface area contributed by atoms with E-state index in [0.29, 0.717) is 6.42 Å². The van der Waals surface area contributed by atoms with Crippen molar-refractivity contribution >= 4 is 16.8 Å². The molecule has 1 aliphatic heterocycles. The number of hydrogen-bond acceptors (Lipinski definition) is 4. The Labute approximate surface area is 126 Å². The lowest BCUT2D eigenvalue weighted by atomic mass is 10.0. The van der Waals surface area contributed by atoms with Gasteiger partial charge in [0.15, 0.2) is 17.0 Å². The molecular weight excluding hydrogens is 287 g/mol. The van der Waals surface area contributed by atoms with Crippen LogP contribution in [-0.2, 0) is 4.74 Å². The summed E-state index contributed by atoms with van der Waals surface area (Å²) in [6, 6.07) is 4.83. The van der Waals surface area contributed by atoms with Crippen LogP contribution in [0.1, 0.15) is 42.7 Å². The molecule has 0 radical (unpaired) electrons. The van der Waals surface area contributed by atoms with Crippen LogP contribution in [0.5, 0.6) is 0 Å². The maximum absolute atomic E-state index is 13.1. The van der Waals surface area contributed by atoms with Crippen molar-refractivity contribution in [3.8, 4) is 0 Å². The molecular formula is C17H17FO4. The lowest BCUT2D eigenvalue weighted by Gasteiger charge is -2.21. The third-order valence-corrected chi connectivity index (χ3v) is 3.93. The monoisotopic (exact) mass is 304 g/mol. The highest BCUT2D eigenvalue weighted by Gasteiger charge is 2.18. The van der Waals surface area contributed by atoms with Gasteiger partial charge in [0.2, 0.25) is 0 Å². The average Bonchev–Trinajstić information content (AvgIpc) is 2.54. The van der Waals surface area contributed by atoms with Crippen LogP contribution in [0.25, 0.3) is 11.0 Å². The largest absolute Gasteiger partial charge is 0.453 e. The molecule has 5 heteroatoms. The number of fused-ring (bicyclic) bond motifs is 1. The zero-order chi connectivity index (χ0) is 15.5. The molecule has 1 atom stereocenters. The van der Waals surface area contributed by atoms with E-state index in [1.165, 1.54) is 12.1 Å². The predicted molar refractivity (Wildman–Crippen MR) is 79.6 cm³/mol. The van der Waals surface area contributed by atoms with Crippen molar-refractivity contribution in [2.45, 2.75) is 38.2 Å². The Balaban J connectivity index is 1.76. The molecule has 1 fully saturated rings. The molecule has 1 aliphatic rings. The molecule has 2 heterocycles. The van der Waals surface area contributed by atoms with Gasteiger partial charge < -0.3 is 9.15 Å². The number of carbonyl (C=O) groups excluding carboxylic acids is 1. The molecule has 0 aliphatic carbocycles. The Morgan fingerprint density at radius 2 is 2.14 bits per heavy atom. The Hall–Kier alpha value is -2.01. The van der Waals surface area contributed by atoms with Crippen LogP contribution in [-0.4, -0.2) is 18.5 Å². The topological polar surface area (TPSA) is 56.5 Å². The summed E-state index contributed by atoms with van der Waals surface area (Å²) in [5.41, 5.74) is -0.177. The van der Waals surface area contributed by atoms with Crippen molar-refractivity contribution in [2.75, 3.05) is 6.61 Å². The molecule has 0 amide bonds. The molecule has 1 aromatic carbocycles. The van der Waals surface area contributed by atoms with Gasteiger partial charge in [0.1, 0.15) is 11.4 Å². The van der Waals surface area contributed by atoms with E-state index in [-0.39, 0.29) is 35.0 Å². The molecule has 0 saturated carbocycles. The minimum Gasteiger partial charge on any atom is -0.453 e. The van der Waals surface area contributed by atoms with Gasteiger partial charge in [-0.1, -0.05) is 0 Å². The predicted octanol–water partition coefficient (Wildman–Crippen LogP) is 3.46. The molecule has 1 aromatic heterocycles. The number of Topliss-reactive ketones (excluding diaryl/α,β-unsaturated/α-hetero) is 1. The van der Waals surface area contributed by atoms with Gasteiger partial charge in [-0.25, -0.2) is 4.39 Å². The van der Waals surface area contributed by atoms with E-state index in [2.05, 4.69) is 0 Å². The Morgan fingerprint density at radius 3 is 2.91 bits per heavy atom. The zero-order valence-electron chi connectivity index (χ0n) is 12.1. The van der Waals surface area contributed by atoms with Crippen molar-refractivity contribution in [3.63, 3.8) is 0 Å². The Bertz CT molecular complexity index is 744. The summed E-state index contributed by atoms with van der Waals surface area (Å²) in [4.78, 5) is 24.1. The molecule has 0 spiro atoms. The van der Waals surface area contributed by atoms with Crippen molar-refractivity contribution < 1.29 is 18.3 Å². The van der Waals surface area contributed by atoms with Crippen molar-refractivity contribution in [3.05, 3.63) is 46.1 Å². The van der Waals surface area contributed by atoms with Gasteiger partial charge in [0.25, 0.3) is 0 Å². The van der Waals surface area contributed by atoms with E-state index in [1.807, 2.05) is 0 Å². The first kappa shape index (κ1) is 14.9. The minimum atomic E-state index is -0.506. The fourth-order valence-corrected chi connectivity index (χ4v) is 2.72. The second-order valence-electron chi connectivity index (χ2n) is 5.57. The van der Waals surface area contributed by atoms with E-state index in [1.54, 1.807) is 0 Å².